The van der Waals surface area contributed by atoms with Crippen LogP contribution in [0.2, 0.25) is 0 Å². The van der Waals surface area contributed by atoms with Crippen molar-refractivity contribution < 1.29 is 33.2 Å². The summed E-state index contributed by atoms with van der Waals surface area (Å²) in [5, 5.41) is 14.4. The number of amides is 2. The van der Waals surface area contributed by atoms with Crippen LogP contribution in [0.5, 0.6) is 28.7 Å². The van der Waals surface area contributed by atoms with Crippen LogP contribution in [0.1, 0.15) is 26.3 Å². The van der Waals surface area contributed by atoms with E-state index < -0.39 is 6.03 Å². The van der Waals surface area contributed by atoms with Gasteiger partial charge in [0.15, 0.2) is 11.6 Å². The lowest BCUT2D eigenvalue weighted by Gasteiger charge is -2.24. The molecule has 0 atom stereocenters. The van der Waals surface area contributed by atoms with Gasteiger partial charge in [-0.25, -0.2) is 15.6 Å². The van der Waals surface area contributed by atoms with Gasteiger partial charge in [0.2, 0.25) is 0 Å². The van der Waals surface area contributed by atoms with Gasteiger partial charge in [-0.3, -0.25) is 0 Å². The molecular formula is C41H51N9O7S. The van der Waals surface area contributed by atoms with E-state index in [-0.39, 0.29) is 12.0 Å². The zero-order chi connectivity index (χ0) is 41.5. The summed E-state index contributed by atoms with van der Waals surface area (Å²) in [6.07, 6.45) is 3.58. The van der Waals surface area contributed by atoms with Gasteiger partial charge in [0.1, 0.15) is 42.0 Å². The molecule has 9 N–H and O–H groups in total. The summed E-state index contributed by atoms with van der Waals surface area (Å²) in [5.74, 6) is 14.2. The first kappa shape index (κ1) is 43.0. The summed E-state index contributed by atoms with van der Waals surface area (Å²) in [7, 11) is 3.17. The zero-order valence-corrected chi connectivity index (χ0v) is 34.3. The standard InChI is InChI=1S/C41H51N9O7S/c1-41(2,3)26-19-34(39(53-5)35(20-26)50-58-6)47-40(51)46-33-11-12-36(32-10-8-7-9-31(32)33)57-28-13-14-44-37(24-28)45-27-21-29(52-4)23-30(22-27)56-18-17-54-15-16-55-25-38(48-42)49-43/h7-14,19-24,50H,15-18,25,42-43H2,1-6H3,(H,44,45)(H,48,49)(H2,46,47,51). The number of amidine groups is 1. The lowest BCUT2D eigenvalue weighted by molar-refractivity contribution is 0.0470. The monoisotopic (exact) mass is 813 g/mol. The minimum absolute atomic E-state index is 0.156. The molecule has 0 saturated carbocycles. The molecule has 5 rings (SSSR count). The Kier molecular flexibility index (Phi) is 15.5. The maximum absolute atomic E-state index is 13.5. The van der Waals surface area contributed by atoms with Crippen LogP contribution in [0.15, 0.2) is 90.2 Å². The quantitative estimate of drug-likeness (QED) is 0.0107. The second-order valence-corrected chi connectivity index (χ2v) is 14.2. The Labute approximate surface area is 342 Å². The maximum atomic E-state index is 13.5. The van der Waals surface area contributed by atoms with E-state index in [1.165, 1.54) is 11.9 Å². The van der Waals surface area contributed by atoms with Crippen LogP contribution in [-0.2, 0) is 14.9 Å². The molecule has 16 nitrogen and oxygen atoms in total. The molecule has 1 heterocycles. The van der Waals surface area contributed by atoms with Gasteiger partial charge < -0.3 is 60.4 Å². The van der Waals surface area contributed by atoms with Crippen molar-refractivity contribution >= 4 is 63.2 Å². The first-order chi connectivity index (χ1) is 28.0. The van der Waals surface area contributed by atoms with E-state index in [0.29, 0.717) is 83.9 Å². The molecule has 0 aliphatic rings. The summed E-state index contributed by atoms with van der Waals surface area (Å²) >= 11 is 1.45. The fourth-order valence-electron chi connectivity index (χ4n) is 5.69. The maximum Gasteiger partial charge on any atom is 0.323 e. The summed E-state index contributed by atoms with van der Waals surface area (Å²) in [5.41, 5.74) is 5.84. The molecule has 0 fully saturated rings. The van der Waals surface area contributed by atoms with Crippen LogP contribution in [0.3, 0.4) is 0 Å². The van der Waals surface area contributed by atoms with E-state index in [9.17, 15) is 4.79 Å². The number of pyridine rings is 1. The van der Waals surface area contributed by atoms with Gasteiger partial charge in [0, 0.05) is 53.2 Å². The van der Waals surface area contributed by atoms with Gasteiger partial charge >= 0.3 is 6.03 Å². The third kappa shape index (κ3) is 11.9. The summed E-state index contributed by atoms with van der Waals surface area (Å²) in [4.78, 5) is 18.0. The van der Waals surface area contributed by atoms with Crippen molar-refractivity contribution in [2.45, 2.75) is 26.2 Å². The van der Waals surface area contributed by atoms with Gasteiger partial charge in [0.05, 0.1) is 51.1 Å². The number of nitrogens with one attached hydrogen (secondary N) is 5. The van der Waals surface area contributed by atoms with E-state index in [1.54, 1.807) is 38.6 Å². The zero-order valence-electron chi connectivity index (χ0n) is 33.4. The van der Waals surface area contributed by atoms with Crippen LogP contribution in [0, 0.1) is 0 Å². The predicted molar refractivity (Wildman–Crippen MR) is 232 cm³/mol. The van der Waals surface area contributed by atoms with Crippen LogP contribution in [0.25, 0.3) is 10.8 Å². The highest BCUT2D eigenvalue weighted by atomic mass is 32.2. The average Bonchev–Trinajstić information content (AvgIpc) is 3.21. The number of urea groups is 1. The van der Waals surface area contributed by atoms with Gasteiger partial charge in [-0.15, -0.1) is 0 Å². The number of benzene rings is 4. The summed E-state index contributed by atoms with van der Waals surface area (Å²) in [6.45, 7) is 7.85. The highest BCUT2D eigenvalue weighted by Gasteiger charge is 2.21. The molecule has 5 aromatic rings. The molecule has 2 amide bonds. The Morgan fingerprint density at radius 3 is 2.26 bits per heavy atom. The smallest absolute Gasteiger partial charge is 0.323 e. The number of hydrazone groups is 1. The molecule has 308 valence electrons. The van der Waals surface area contributed by atoms with Crippen LogP contribution < -0.4 is 56.7 Å². The van der Waals surface area contributed by atoms with E-state index >= 15 is 0 Å². The lowest BCUT2D eigenvalue weighted by Crippen LogP contribution is -2.35. The number of nitrogens with zero attached hydrogens (tertiary/aromatic N) is 2. The molecule has 0 aliphatic carbocycles. The second kappa shape index (κ2) is 20.9. The van der Waals surface area contributed by atoms with Gasteiger partial charge in [0.25, 0.3) is 0 Å². The number of fused-ring (bicyclic) bond motifs is 1. The topological polar surface area (TPSA) is 210 Å². The van der Waals surface area contributed by atoms with Crippen molar-refractivity contribution in [2.24, 2.45) is 16.8 Å². The average molecular weight is 814 g/mol. The highest BCUT2D eigenvalue weighted by Crippen LogP contribution is 2.40. The fraction of sp³-hybridized carbons (Fsp3) is 0.293. The number of ether oxygens (including phenoxy) is 6. The molecule has 0 spiro atoms. The SMILES string of the molecule is COc1cc(Nc2cc(Oc3ccc(NC(=O)Nc4cc(C(C)(C)C)cc(NSC)c4OC)c4ccccc34)ccn2)cc(OCCOCCOC/C(=N/N)NN)c1. The largest absolute Gasteiger partial charge is 0.497 e. The Balaban J connectivity index is 1.24. The van der Waals surface area contributed by atoms with E-state index in [1.807, 2.05) is 66.9 Å². The number of hydrazine groups is 1. The van der Waals surface area contributed by atoms with Crippen molar-refractivity contribution in [1.82, 2.24) is 10.4 Å². The predicted octanol–water partition coefficient (Wildman–Crippen LogP) is 7.57. The van der Waals surface area contributed by atoms with Gasteiger partial charge in [-0.05, 0) is 41.3 Å². The Morgan fingerprint density at radius 1 is 0.810 bits per heavy atom. The summed E-state index contributed by atoms with van der Waals surface area (Å²) < 4.78 is 37.8. The molecular weight excluding hydrogens is 763 g/mol. The minimum atomic E-state index is -0.418. The van der Waals surface area contributed by atoms with Crippen molar-refractivity contribution in [3.8, 4) is 28.7 Å². The highest BCUT2D eigenvalue weighted by molar-refractivity contribution is 7.99. The third-order valence-corrected chi connectivity index (χ3v) is 8.95. The van der Waals surface area contributed by atoms with Gasteiger partial charge in [-0.2, -0.15) is 5.10 Å². The Morgan fingerprint density at radius 2 is 1.53 bits per heavy atom. The molecule has 0 aliphatic heterocycles. The number of methoxy groups -OCH3 is 2. The molecule has 1 aromatic heterocycles. The number of anilines is 5. The van der Waals surface area contributed by atoms with Crippen molar-refractivity contribution in [2.75, 3.05) is 74.2 Å². The van der Waals surface area contributed by atoms with Crippen LogP contribution >= 0.6 is 11.9 Å². The van der Waals surface area contributed by atoms with Crippen molar-refractivity contribution in [3.05, 3.63) is 90.6 Å². The number of nitrogens with two attached hydrogens (primary N) is 2. The molecule has 4 aromatic carbocycles. The van der Waals surface area contributed by atoms with Gasteiger partial charge in [-0.1, -0.05) is 57.0 Å². The molecule has 0 saturated heterocycles. The number of rotatable bonds is 19. The van der Waals surface area contributed by atoms with Crippen molar-refractivity contribution in [3.63, 3.8) is 0 Å². The molecule has 0 bridgehead atoms. The Hall–Kier alpha value is -6.14. The number of aromatic nitrogens is 1. The first-order valence-corrected chi connectivity index (χ1v) is 19.5. The second-order valence-electron chi connectivity index (χ2n) is 13.6. The molecule has 0 unspecified atom stereocenters. The van der Waals surface area contributed by atoms with Crippen LogP contribution in [-0.4, -0.2) is 70.4 Å². The number of carbonyl (C=O) groups is 1. The Bertz CT molecular complexity index is 2180. The lowest BCUT2D eigenvalue weighted by atomic mass is 9.86. The molecule has 0 radical (unpaired) electrons. The van der Waals surface area contributed by atoms with E-state index in [4.69, 9.17) is 40.1 Å². The van der Waals surface area contributed by atoms with Crippen molar-refractivity contribution in [1.29, 1.82) is 0 Å². The van der Waals surface area contributed by atoms with Crippen LogP contribution in [0.4, 0.5) is 33.4 Å². The number of carbonyl (C=O) groups excluding carboxylic acids is 1. The summed E-state index contributed by atoms with van der Waals surface area (Å²) in [6, 6.07) is 23.9. The first-order valence-electron chi connectivity index (χ1n) is 18.3. The van der Waals surface area contributed by atoms with E-state index in [2.05, 4.69) is 57.0 Å². The third-order valence-electron chi connectivity index (χ3n) is 8.53. The number of hydrogen-bond donors (Lipinski definition) is 7. The fourth-order valence-corrected chi connectivity index (χ4v) is 6.06. The number of hydrogen-bond acceptors (Lipinski definition) is 14. The molecule has 17 heteroatoms. The normalized spacial score (nSPS) is 11.5. The minimum Gasteiger partial charge on any atom is -0.497 e. The van der Waals surface area contributed by atoms with E-state index in [0.717, 1.165) is 22.0 Å². The molecule has 58 heavy (non-hydrogen) atoms.